The number of H-pyrrole nitrogens is 6. The Kier molecular flexibility index (Phi) is 16.9. The Hall–Kier alpha value is -14.5. The summed E-state index contributed by atoms with van der Waals surface area (Å²) < 4.78 is 0. The largest absolute Gasteiger partial charge is 0.355 e. The molecule has 0 bridgehead atoms. The normalized spacial score (nSPS) is 11.3. The topological polar surface area (TPSA) is 94.7 Å². The minimum absolute atomic E-state index is 1.18. The SMILES string of the molecule is c1ccc(-c2ccc3[nH]c4ccc(-c5ccccc5)cc4c3c2)cc1.c1ccc(-c2ccc3[nH]c4ccccc4c3c2)cc1.c1ccc2c(c1)[nH]c1ccccc12.c1ccc2c(c1)ccc1[nH]c3ccccc3c12.c1ccc2c(c1)ccc1c3ccccc3[nH]c21.c1ccc2cc3c(cc2c1)[nH]c1ccccc13. The molecule has 6 heterocycles. The molecule has 108 heavy (non-hydrogen) atoms. The van der Waals surface area contributed by atoms with Crippen LogP contribution in [-0.4, -0.2) is 29.9 Å². The zero-order valence-corrected chi connectivity index (χ0v) is 59.1. The van der Waals surface area contributed by atoms with Crippen LogP contribution in [0.15, 0.2) is 400 Å². The Morgan fingerprint density at radius 2 is 0.398 bits per heavy atom. The maximum absolute atomic E-state index is 3.54. The van der Waals surface area contributed by atoms with Crippen LogP contribution in [0.25, 0.3) is 197 Å². The molecule has 6 N–H and O–H groups in total. The van der Waals surface area contributed by atoms with Gasteiger partial charge in [0.2, 0.25) is 0 Å². The van der Waals surface area contributed by atoms with Crippen molar-refractivity contribution in [2.75, 3.05) is 0 Å². The van der Waals surface area contributed by atoms with E-state index in [2.05, 4.69) is 424 Å². The predicted octanol–water partition coefficient (Wildman–Crippen LogP) is 28.4. The molecule has 0 aliphatic heterocycles. The first-order valence-corrected chi connectivity index (χ1v) is 36.9. The monoisotopic (exact) mass is 1380 g/mol. The molecule has 0 aliphatic rings. The number of para-hydroxylation sites is 6. The van der Waals surface area contributed by atoms with E-state index in [1.807, 2.05) is 6.07 Å². The quantitative estimate of drug-likeness (QED) is 0.102. The number of fused-ring (bicyclic) bond motifs is 23. The Morgan fingerprint density at radius 3 is 0.861 bits per heavy atom. The molecule has 6 aromatic heterocycles. The third kappa shape index (κ3) is 12.4. The Morgan fingerprint density at radius 1 is 0.120 bits per heavy atom. The van der Waals surface area contributed by atoms with Crippen LogP contribution in [0.3, 0.4) is 0 Å². The highest BCUT2D eigenvalue weighted by atomic mass is 14.7. The molecule has 24 rings (SSSR count). The fourth-order valence-electron chi connectivity index (χ4n) is 15.7. The fourth-order valence-corrected chi connectivity index (χ4v) is 15.7. The summed E-state index contributed by atoms with van der Waals surface area (Å²) in [6.45, 7) is 0. The fraction of sp³-hybridized carbons (Fsp3) is 0. The standard InChI is InChI=1S/C24H17N.C18H13N.3C16H11N.C12H9N/c1-3-7-17(8-4-1)19-11-13-23-21(15-19)22-16-20(12-14-24(22)25-23)18-9-5-2-6-10-18;1-2-6-13(7-3-1)14-10-11-18-16(12-14)15-8-4-5-9-17(15)19-18;1-2-6-12-10-16-14(9-11(12)5-1)13-7-3-4-8-15(13)17-16;1-2-6-12-11(5-1)9-10-14-13-7-3-4-8-15(13)17-16(12)14;1-2-6-12-11(5-1)9-10-15-16(12)13-7-3-4-8-14(13)17-15;1-3-7-11-9(5-1)10-6-2-4-8-12(10)13-11/h1-16,25H;1-12,19H;3*1-10,17H;1-8,13H. The molecule has 0 amide bonds. The molecule has 0 saturated heterocycles. The van der Waals surface area contributed by atoms with Crippen LogP contribution in [0.2, 0.25) is 0 Å². The Bertz CT molecular complexity index is 7180. The number of benzene rings is 18. The maximum atomic E-state index is 3.54. The van der Waals surface area contributed by atoms with Gasteiger partial charge in [0.05, 0.1) is 5.52 Å². The molecular weight excluding hydrogens is 1310 g/mol. The summed E-state index contributed by atoms with van der Waals surface area (Å²) in [6.07, 6.45) is 0. The second-order valence-corrected chi connectivity index (χ2v) is 27.6. The zero-order chi connectivity index (χ0) is 71.7. The second kappa shape index (κ2) is 28.3. The summed E-state index contributed by atoms with van der Waals surface area (Å²) in [5.74, 6) is 0. The van der Waals surface area contributed by atoms with Gasteiger partial charge >= 0.3 is 0 Å². The number of hydrogen-bond donors (Lipinski definition) is 6. The minimum Gasteiger partial charge on any atom is -0.355 e. The average Bonchev–Trinajstić information content (AvgIpc) is 1.50. The van der Waals surface area contributed by atoms with Crippen LogP contribution < -0.4 is 0 Å². The lowest BCUT2D eigenvalue weighted by molar-refractivity contribution is 1.54. The Balaban J connectivity index is 0.0000000891. The van der Waals surface area contributed by atoms with Gasteiger partial charge in [0, 0.05) is 131 Å². The van der Waals surface area contributed by atoms with Crippen LogP contribution in [0.5, 0.6) is 0 Å². The van der Waals surface area contributed by atoms with Gasteiger partial charge in [-0.3, -0.25) is 0 Å². The maximum Gasteiger partial charge on any atom is 0.0544 e. The van der Waals surface area contributed by atoms with Crippen molar-refractivity contribution >= 4 is 163 Å². The summed E-state index contributed by atoms with van der Waals surface area (Å²) in [5.41, 5.74) is 22.0. The molecule has 0 aliphatic carbocycles. The molecule has 0 spiro atoms. The smallest absolute Gasteiger partial charge is 0.0544 e. The number of hydrogen-bond acceptors (Lipinski definition) is 0. The van der Waals surface area contributed by atoms with Gasteiger partial charge in [-0.25, -0.2) is 0 Å². The molecule has 0 fully saturated rings. The lowest BCUT2D eigenvalue weighted by Crippen LogP contribution is -1.78. The highest BCUT2D eigenvalue weighted by Crippen LogP contribution is 2.37. The van der Waals surface area contributed by atoms with Crippen LogP contribution in [0.1, 0.15) is 0 Å². The van der Waals surface area contributed by atoms with Gasteiger partial charge in [0.15, 0.2) is 0 Å². The van der Waals surface area contributed by atoms with E-state index in [9.17, 15) is 0 Å². The van der Waals surface area contributed by atoms with E-state index >= 15 is 0 Å². The third-order valence-electron chi connectivity index (χ3n) is 21.0. The van der Waals surface area contributed by atoms with Gasteiger partial charge in [0.25, 0.3) is 0 Å². The molecule has 510 valence electrons. The van der Waals surface area contributed by atoms with E-state index in [4.69, 9.17) is 0 Å². The lowest BCUT2D eigenvalue weighted by Gasteiger charge is -2.03. The minimum atomic E-state index is 1.18. The van der Waals surface area contributed by atoms with Gasteiger partial charge in [-0.2, -0.15) is 0 Å². The zero-order valence-electron chi connectivity index (χ0n) is 59.1. The summed E-state index contributed by atoms with van der Waals surface area (Å²) in [7, 11) is 0. The van der Waals surface area contributed by atoms with Crippen molar-refractivity contribution in [2.24, 2.45) is 0 Å². The summed E-state index contributed by atoms with van der Waals surface area (Å²) in [5, 5.41) is 23.3. The number of rotatable bonds is 3. The van der Waals surface area contributed by atoms with Crippen LogP contribution in [0.4, 0.5) is 0 Å². The van der Waals surface area contributed by atoms with Crippen LogP contribution >= 0.6 is 0 Å². The highest BCUT2D eigenvalue weighted by Gasteiger charge is 2.13. The average molecular weight is 1380 g/mol. The first-order chi connectivity index (χ1) is 53.5. The van der Waals surface area contributed by atoms with Crippen molar-refractivity contribution in [1.82, 2.24) is 29.9 Å². The summed E-state index contributed by atoms with van der Waals surface area (Å²) in [6, 6.07) is 141. The highest BCUT2D eigenvalue weighted by molar-refractivity contribution is 6.21. The van der Waals surface area contributed by atoms with Crippen LogP contribution in [0, 0.1) is 0 Å². The number of aromatic nitrogens is 6. The van der Waals surface area contributed by atoms with Crippen molar-refractivity contribution in [3.8, 4) is 33.4 Å². The van der Waals surface area contributed by atoms with Crippen molar-refractivity contribution in [3.63, 3.8) is 0 Å². The lowest BCUT2D eigenvalue weighted by atomic mass is 10.0. The molecule has 0 unspecified atom stereocenters. The molecule has 0 saturated carbocycles. The summed E-state index contributed by atoms with van der Waals surface area (Å²) >= 11 is 0. The molecule has 24 aromatic rings. The van der Waals surface area contributed by atoms with E-state index in [0.29, 0.717) is 0 Å². The van der Waals surface area contributed by atoms with E-state index in [1.54, 1.807) is 0 Å². The van der Waals surface area contributed by atoms with Gasteiger partial charge in [-0.1, -0.05) is 309 Å². The van der Waals surface area contributed by atoms with Gasteiger partial charge < -0.3 is 29.9 Å². The molecule has 0 atom stereocenters. The third-order valence-corrected chi connectivity index (χ3v) is 21.0. The first kappa shape index (κ1) is 64.4. The van der Waals surface area contributed by atoms with E-state index in [0.717, 1.165) is 0 Å². The van der Waals surface area contributed by atoms with Crippen molar-refractivity contribution < 1.29 is 0 Å². The first-order valence-electron chi connectivity index (χ1n) is 36.9. The number of aromatic amines is 6. The Labute approximate surface area is 622 Å². The second-order valence-electron chi connectivity index (χ2n) is 27.6. The van der Waals surface area contributed by atoms with Crippen LogP contribution in [-0.2, 0) is 0 Å². The van der Waals surface area contributed by atoms with E-state index in [1.165, 1.54) is 197 Å². The summed E-state index contributed by atoms with van der Waals surface area (Å²) in [4.78, 5) is 20.8. The van der Waals surface area contributed by atoms with Gasteiger partial charge in [-0.15, -0.1) is 0 Å². The van der Waals surface area contributed by atoms with Crippen molar-refractivity contribution in [3.05, 3.63) is 400 Å². The molecule has 18 aromatic carbocycles. The molecule has 6 heteroatoms. The molecular formula is C102H72N6. The van der Waals surface area contributed by atoms with Gasteiger partial charge in [0.1, 0.15) is 0 Å². The van der Waals surface area contributed by atoms with Gasteiger partial charge in [-0.05, 0) is 151 Å². The molecule has 6 nitrogen and oxygen atoms in total. The predicted molar refractivity (Wildman–Crippen MR) is 464 cm³/mol. The molecule has 0 radical (unpaired) electrons. The van der Waals surface area contributed by atoms with Crippen molar-refractivity contribution in [2.45, 2.75) is 0 Å². The number of nitrogens with one attached hydrogen (secondary N) is 6. The van der Waals surface area contributed by atoms with E-state index in [-0.39, 0.29) is 0 Å². The van der Waals surface area contributed by atoms with E-state index < -0.39 is 0 Å². The van der Waals surface area contributed by atoms with Crippen molar-refractivity contribution in [1.29, 1.82) is 0 Å².